The van der Waals surface area contributed by atoms with E-state index in [1.54, 1.807) is 0 Å². The first-order valence-corrected chi connectivity index (χ1v) is 7.94. The maximum absolute atomic E-state index is 12.6. The monoisotopic (exact) mass is 304 g/mol. The van der Waals surface area contributed by atoms with Crippen molar-refractivity contribution < 1.29 is 4.79 Å². The van der Waals surface area contributed by atoms with Gasteiger partial charge in [-0.25, -0.2) is 0 Å². The third kappa shape index (κ3) is 3.37. The number of para-hydroxylation sites is 2. The minimum absolute atomic E-state index is 0.0997. The molecule has 3 nitrogen and oxygen atoms in total. The van der Waals surface area contributed by atoms with Gasteiger partial charge in [-0.1, -0.05) is 42.5 Å². The van der Waals surface area contributed by atoms with Crippen molar-refractivity contribution in [2.24, 2.45) is 0 Å². The van der Waals surface area contributed by atoms with Gasteiger partial charge in [0.25, 0.3) is 0 Å². The molecule has 1 N–H and O–H groups in total. The molecule has 0 radical (unpaired) electrons. The van der Waals surface area contributed by atoms with Crippen LogP contribution in [0.2, 0.25) is 0 Å². The fraction of sp³-hybridized carbons (Fsp3) is 0.250. The Labute approximate surface area is 137 Å². The van der Waals surface area contributed by atoms with Crippen LogP contribution in [0.25, 0.3) is 0 Å². The average Bonchev–Trinajstić information content (AvgIpc) is 2.61. The van der Waals surface area contributed by atoms with Crippen molar-refractivity contribution >= 4 is 17.3 Å². The molecule has 0 saturated heterocycles. The summed E-state index contributed by atoms with van der Waals surface area (Å²) in [6, 6.07) is 18.3. The van der Waals surface area contributed by atoms with E-state index in [0.29, 0.717) is 19.4 Å². The molecule has 0 fully saturated rings. The summed E-state index contributed by atoms with van der Waals surface area (Å²) in [5.41, 5.74) is 3.13. The molecule has 116 valence electrons. The summed E-state index contributed by atoms with van der Waals surface area (Å²) in [6.07, 6.45) is 7.14. The fourth-order valence-electron chi connectivity index (χ4n) is 2.93. The van der Waals surface area contributed by atoms with Gasteiger partial charge in [0.15, 0.2) is 0 Å². The Balaban J connectivity index is 1.85. The van der Waals surface area contributed by atoms with E-state index in [1.165, 1.54) is 5.56 Å². The topological polar surface area (TPSA) is 32.3 Å². The summed E-state index contributed by atoms with van der Waals surface area (Å²) >= 11 is 0. The number of benzene rings is 2. The molecule has 1 aliphatic heterocycles. The minimum atomic E-state index is 0.0997. The van der Waals surface area contributed by atoms with Gasteiger partial charge in [0.05, 0.1) is 24.0 Å². The molecule has 2 aromatic carbocycles. The summed E-state index contributed by atoms with van der Waals surface area (Å²) in [4.78, 5) is 14.5. The van der Waals surface area contributed by atoms with Crippen LogP contribution in [-0.2, 0) is 4.79 Å². The van der Waals surface area contributed by atoms with Gasteiger partial charge in [0.2, 0.25) is 5.91 Å². The van der Waals surface area contributed by atoms with E-state index in [-0.39, 0.29) is 11.9 Å². The smallest absolute Gasteiger partial charge is 0.227 e. The second-order valence-corrected chi connectivity index (χ2v) is 5.69. The Morgan fingerprint density at radius 1 is 1.17 bits per heavy atom. The first-order chi connectivity index (χ1) is 11.3. The number of nitrogens with zero attached hydrogens (tertiary/aromatic N) is 1. The third-order valence-corrected chi connectivity index (χ3v) is 4.10. The molecule has 0 aliphatic carbocycles. The lowest BCUT2D eigenvalue weighted by Gasteiger charge is -2.36. The first-order valence-electron chi connectivity index (χ1n) is 7.94. The lowest BCUT2D eigenvalue weighted by Crippen LogP contribution is -2.40. The molecule has 3 heteroatoms. The number of carbonyl (C=O) groups is 1. The molecule has 0 saturated carbocycles. The van der Waals surface area contributed by atoms with Crippen LogP contribution in [0.1, 0.15) is 30.9 Å². The summed E-state index contributed by atoms with van der Waals surface area (Å²) in [5.74, 6) is 2.73. The number of hydrogen-bond donors (Lipinski definition) is 1. The number of unbranched alkanes of at least 4 members (excludes halogenated alkanes) is 1. The predicted molar refractivity (Wildman–Crippen MR) is 94.3 cm³/mol. The third-order valence-electron chi connectivity index (χ3n) is 4.10. The van der Waals surface area contributed by atoms with Crippen LogP contribution in [-0.4, -0.2) is 12.5 Å². The maximum atomic E-state index is 12.6. The van der Waals surface area contributed by atoms with Crippen LogP contribution >= 0.6 is 0 Å². The summed E-state index contributed by atoms with van der Waals surface area (Å²) in [7, 11) is 0. The zero-order chi connectivity index (χ0) is 16.1. The van der Waals surface area contributed by atoms with E-state index < -0.39 is 0 Å². The van der Waals surface area contributed by atoms with Crippen molar-refractivity contribution in [3.05, 3.63) is 60.2 Å². The number of terminal acetylenes is 1. The van der Waals surface area contributed by atoms with E-state index in [9.17, 15) is 4.79 Å². The highest BCUT2D eigenvalue weighted by Gasteiger charge is 2.28. The van der Waals surface area contributed by atoms with Crippen molar-refractivity contribution in [3.8, 4) is 12.3 Å². The number of carbonyl (C=O) groups excluding carboxylic acids is 1. The molecule has 0 spiro atoms. The Bertz CT molecular complexity index is 718. The lowest BCUT2D eigenvalue weighted by atomic mass is 10.0. The molecule has 0 aromatic heterocycles. The first kappa shape index (κ1) is 15.2. The van der Waals surface area contributed by atoms with Crippen LogP contribution < -0.4 is 10.2 Å². The molecular weight excluding hydrogens is 284 g/mol. The Morgan fingerprint density at radius 3 is 2.70 bits per heavy atom. The van der Waals surface area contributed by atoms with Gasteiger partial charge in [-0.15, -0.1) is 12.3 Å². The molecule has 1 heterocycles. The van der Waals surface area contributed by atoms with Crippen molar-refractivity contribution in [3.63, 3.8) is 0 Å². The van der Waals surface area contributed by atoms with Crippen LogP contribution in [0.5, 0.6) is 0 Å². The maximum Gasteiger partial charge on any atom is 0.227 e. The van der Waals surface area contributed by atoms with Crippen LogP contribution in [0, 0.1) is 12.3 Å². The molecular formula is C20H20N2O. The largest absolute Gasteiger partial charge is 0.375 e. The van der Waals surface area contributed by atoms with Crippen molar-refractivity contribution in [2.45, 2.75) is 25.3 Å². The fourth-order valence-corrected chi connectivity index (χ4v) is 2.93. The van der Waals surface area contributed by atoms with Crippen LogP contribution in [0.15, 0.2) is 54.6 Å². The molecule has 1 aliphatic rings. The van der Waals surface area contributed by atoms with Crippen molar-refractivity contribution in [2.75, 3.05) is 16.8 Å². The highest BCUT2D eigenvalue weighted by atomic mass is 16.2. The van der Waals surface area contributed by atoms with Crippen LogP contribution in [0.3, 0.4) is 0 Å². The number of fused-ring (bicyclic) bond motifs is 1. The Morgan fingerprint density at radius 2 is 1.91 bits per heavy atom. The number of amides is 1. The molecule has 0 bridgehead atoms. The zero-order valence-corrected chi connectivity index (χ0v) is 13.0. The van der Waals surface area contributed by atoms with E-state index in [1.807, 2.05) is 47.4 Å². The second-order valence-electron chi connectivity index (χ2n) is 5.69. The van der Waals surface area contributed by atoms with Gasteiger partial charge in [-0.05, 0) is 24.1 Å². The molecule has 1 amide bonds. The van der Waals surface area contributed by atoms with Crippen molar-refractivity contribution in [1.82, 2.24) is 0 Å². The highest BCUT2D eigenvalue weighted by Crippen LogP contribution is 2.35. The normalized spacial score (nSPS) is 16.1. The van der Waals surface area contributed by atoms with Gasteiger partial charge in [0.1, 0.15) is 0 Å². The standard InChI is InChI=1S/C20H20N2O/c1-2-3-5-14-20(23)22-15-18(16-10-6-4-7-11-16)21-17-12-8-9-13-19(17)22/h1,4,6-13,18,21H,3,5,14-15H2. The highest BCUT2D eigenvalue weighted by molar-refractivity contribution is 5.97. The Kier molecular flexibility index (Phi) is 4.63. The second kappa shape index (κ2) is 7.02. The van der Waals surface area contributed by atoms with E-state index in [4.69, 9.17) is 6.42 Å². The van der Waals surface area contributed by atoms with E-state index >= 15 is 0 Å². The van der Waals surface area contributed by atoms with E-state index in [2.05, 4.69) is 23.4 Å². The molecule has 23 heavy (non-hydrogen) atoms. The number of anilines is 2. The van der Waals surface area contributed by atoms with E-state index in [0.717, 1.165) is 17.8 Å². The molecule has 3 rings (SSSR count). The van der Waals surface area contributed by atoms with Gasteiger partial charge < -0.3 is 10.2 Å². The summed E-state index contributed by atoms with van der Waals surface area (Å²) < 4.78 is 0. The average molecular weight is 304 g/mol. The van der Waals surface area contributed by atoms with Gasteiger partial charge >= 0.3 is 0 Å². The number of nitrogens with one attached hydrogen (secondary N) is 1. The van der Waals surface area contributed by atoms with Gasteiger partial charge in [0, 0.05) is 12.8 Å². The summed E-state index contributed by atoms with van der Waals surface area (Å²) in [5, 5.41) is 3.54. The summed E-state index contributed by atoms with van der Waals surface area (Å²) in [6.45, 7) is 0.635. The van der Waals surface area contributed by atoms with Crippen LogP contribution in [0.4, 0.5) is 11.4 Å². The molecule has 1 atom stereocenters. The number of hydrogen-bond acceptors (Lipinski definition) is 2. The minimum Gasteiger partial charge on any atom is -0.375 e. The quantitative estimate of drug-likeness (QED) is 0.684. The van der Waals surface area contributed by atoms with Crippen molar-refractivity contribution in [1.29, 1.82) is 0 Å². The van der Waals surface area contributed by atoms with Gasteiger partial charge in [-0.3, -0.25) is 4.79 Å². The Hall–Kier alpha value is -2.73. The SMILES string of the molecule is C#CCCCC(=O)N1CC(c2ccccc2)Nc2ccccc21. The number of rotatable bonds is 4. The zero-order valence-electron chi connectivity index (χ0n) is 13.0. The lowest BCUT2D eigenvalue weighted by molar-refractivity contribution is -0.118. The molecule has 2 aromatic rings. The molecule has 1 unspecified atom stereocenters. The predicted octanol–water partition coefficient (Wildman–Crippen LogP) is 3.99. The van der Waals surface area contributed by atoms with Gasteiger partial charge in [-0.2, -0.15) is 0 Å².